The summed E-state index contributed by atoms with van der Waals surface area (Å²) in [5, 5.41) is 2.71. The first-order chi connectivity index (χ1) is 6.74. The number of carbonyl (C=O) groups excluding carboxylic acids is 1. The van der Waals surface area contributed by atoms with Crippen molar-refractivity contribution >= 4 is 5.91 Å². The van der Waals surface area contributed by atoms with Crippen molar-refractivity contribution in [2.24, 2.45) is 0 Å². The van der Waals surface area contributed by atoms with E-state index in [1.165, 1.54) is 0 Å². The van der Waals surface area contributed by atoms with Crippen molar-refractivity contribution in [3.05, 3.63) is 38.0 Å². The summed E-state index contributed by atoms with van der Waals surface area (Å²) in [7, 11) is 0. The highest BCUT2D eigenvalue weighted by molar-refractivity contribution is 5.78. The highest BCUT2D eigenvalue weighted by atomic mass is 16.2. The Morgan fingerprint density at radius 3 is 2.14 bits per heavy atom. The Bertz CT molecular complexity index is 201. The standard InChI is InChI=1S/C11H18N2O/c1-4-7-12-11(14)10-13(8-5-2)9-6-3/h4-6H,1-3,7-10H2,(H,12,14). The number of amides is 1. The Balaban J connectivity index is 3.87. The molecule has 0 saturated carbocycles. The van der Waals surface area contributed by atoms with Gasteiger partial charge in [-0.1, -0.05) is 18.2 Å². The van der Waals surface area contributed by atoms with Crippen molar-refractivity contribution in [3.63, 3.8) is 0 Å². The van der Waals surface area contributed by atoms with E-state index in [-0.39, 0.29) is 5.91 Å². The second-order valence-corrected chi connectivity index (χ2v) is 2.86. The van der Waals surface area contributed by atoms with Gasteiger partial charge in [0.05, 0.1) is 6.54 Å². The zero-order valence-corrected chi connectivity index (χ0v) is 8.54. The van der Waals surface area contributed by atoms with Crippen molar-refractivity contribution in [3.8, 4) is 0 Å². The molecule has 14 heavy (non-hydrogen) atoms. The first-order valence-electron chi connectivity index (χ1n) is 4.56. The minimum Gasteiger partial charge on any atom is -0.352 e. The lowest BCUT2D eigenvalue weighted by Gasteiger charge is -2.17. The summed E-state index contributed by atoms with van der Waals surface area (Å²) in [4.78, 5) is 13.2. The number of nitrogens with zero attached hydrogens (tertiary/aromatic N) is 1. The molecule has 0 fully saturated rings. The van der Waals surface area contributed by atoms with Gasteiger partial charge in [0.2, 0.25) is 5.91 Å². The first-order valence-corrected chi connectivity index (χ1v) is 4.56. The number of nitrogens with one attached hydrogen (secondary N) is 1. The fourth-order valence-corrected chi connectivity index (χ4v) is 1.01. The maximum absolute atomic E-state index is 11.3. The Morgan fingerprint density at radius 1 is 1.14 bits per heavy atom. The average molecular weight is 194 g/mol. The van der Waals surface area contributed by atoms with Gasteiger partial charge >= 0.3 is 0 Å². The molecule has 0 atom stereocenters. The van der Waals surface area contributed by atoms with Crippen LogP contribution < -0.4 is 5.32 Å². The molecule has 3 heteroatoms. The van der Waals surface area contributed by atoms with E-state index in [2.05, 4.69) is 25.1 Å². The van der Waals surface area contributed by atoms with Crippen LogP contribution in [0.5, 0.6) is 0 Å². The highest BCUT2D eigenvalue weighted by Crippen LogP contribution is 1.88. The van der Waals surface area contributed by atoms with Gasteiger partial charge in [-0.3, -0.25) is 9.69 Å². The van der Waals surface area contributed by atoms with Crippen molar-refractivity contribution in [1.29, 1.82) is 0 Å². The average Bonchev–Trinajstić information content (AvgIpc) is 2.15. The monoisotopic (exact) mass is 194 g/mol. The van der Waals surface area contributed by atoms with Gasteiger partial charge in [-0.25, -0.2) is 0 Å². The van der Waals surface area contributed by atoms with Gasteiger partial charge < -0.3 is 5.32 Å². The predicted molar refractivity (Wildman–Crippen MR) is 60.0 cm³/mol. The third-order valence-electron chi connectivity index (χ3n) is 1.59. The SMILES string of the molecule is C=CCNC(=O)CN(CC=C)CC=C. The quantitative estimate of drug-likeness (QED) is 0.584. The van der Waals surface area contributed by atoms with Gasteiger partial charge in [0.1, 0.15) is 0 Å². The summed E-state index contributed by atoms with van der Waals surface area (Å²) < 4.78 is 0. The lowest BCUT2D eigenvalue weighted by molar-refractivity contribution is -0.121. The van der Waals surface area contributed by atoms with Crippen LogP contribution in [0.3, 0.4) is 0 Å². The van der Waals surface area contributed by atoms with Crippen molar-refractivity contribution in [2.45, 2.75) is 0 Å². The lowest BCUT2D eigenvalue weighted by atomic mass is 10.4. The molecule has 0 aliphatic carbocycles. The van der Waals surface area contributed by atoms with E-state index in [0.717, 1.165) is 0 Å². The van der Waals surface area contributed by atoms with Gasteiger partial charge in [-0.15, -0.1) is 19.7 Å². The Kier molecular flexibility index (Phi) is 7.46. The van der Waals surface area contributed by atoms with Crippen LogP contribution in [0.2, 0.25) is 0 Å². The second kappa shape index (κ2) is 8.26. The third-order valence-corrected chi connectivity index (χ3v) is 1.59. The highest BCUT2D eigenvalue weighted by Gasteiger charge is 2.06. The Hall–Kier alpha value is -1.35. The van der Waals surface area contributed by atoms with E-state index in [4.69, 9.17) is 0 Å². The zero-order valence-electron chi connectivity index (χ0n) is 8.54. The topological polar surface area (TPSA) is 32.3 Å². The molecular formula is C11H18N2O. The van der Waals surface area contributed by atoms with Crippen LogP contribution in [-0.2, 0) is 4.79 Å². The molecule has 78 valence electrons. The smallest absolute Gasteiger partial charge is 0.234 e. The molecular weight excluding hydrogens is 176 g/mol. The summed E-state index contributed by atoms with van der Waals surface area (Å²) in [6.45, 7) is 13.0. The molecule has 0 spiro atoms. The maximum atomic E-state index is 11.3. The van der Waals surface area contributed by atoms with Gasteiger partial charge in [-0.2, -0.15) is 0 Å². The summed E-state index contributed by atoms with van der Waals surface area (Å²) in [6.07, 6.45) is 5.19. The number of hydrogen-bond donors (Lipinski definition) is 1. The summed E-state index contributed by atoms with van der Waals surface area (Å²) >= 11 is 0. The fourth-order valence-electron chi connectivity index (χ4n) is 1.01. The molecule has 0 aromatic rings. The summed E-state index contributed by atoms with van der Waals surface area (Å²) in [5.74, 6) is -0.00593. The van der Waals surface area contributed by atoms with Crippen LogP contribution >= 0.6 is 0 Å². The molecule has 0 aromatic carbocycles. The first kappa shape index (κ1) is 12.7. The summed E-state index contributed by atoms with van der Waals surface area (Å²) in [5.41, 5.74) is 0. The molecule has 0 aliphatic heterocycles. The van der Waals surface area contributed by atoms with E-state index in [0.29, 0.717) is 26.2 Å². The molecule has 0 saturated heterocycles. The van der Waals surface area contributed by atoms with Gasteiger partial charge in [0.25, 0.3) is 0 Å². The minimum absolute atomic E-state index is 0.00593. The zero-order chi connectivity index (χ0) is 10.8. The third kappa shape index (κ3) is 6.20. The molecule has 0 rings (SSSR count). The Morgan fingerprint density at radius 2 is 1.71 bits per heavy atom. The largest absolute Gasteiger partial charge is 0.352 e. The van der Waals surface area contributed by atoms with E-state index in [9.17, 15) is 4.79 Å². The maximum Gasteiger partial charge on any atom is 0.234 e. The molecule has 0 unspecified atom stereocenters. The van der Waals surface area contributed by atoms with Crippen molar-refractivity contribution in [2.75, 3.05) is 26.2 Å². The molecule has 0 heterocycles. The molecule has 3 nitrogen and oxygen atoms in total. The number of hydrogen-bond acceptors (Lipinski definition) is 2. The predicted octanol–water partition coefficient (Wildman–Crippen LogP) is 0.963. The van der Waals surface area contributed by atoms with E-state index in [1.807, 2.05) is 4.90 Å². The molecule has 0 aliphatic rings. The van der Waals surface area contributed by atoms with Crippen molar-refractivity contribution < 1.29 is 4.79 Å². The van der Waals surface area contributed by atoms with Crippen LogP contribution in [0, 0.1) is 0 Å². The second-order valence-electron chi connectivity index (χ2n) is 2.86. The van der Waals surface area contributed by atoms with E-state index >= 15 is 0 Å². The normalized spacial score (nSPS) is 9.50. The fraction of sp³-hybridized carbons (Fsp3) is 0.364. The van der Waals surface area contributed by atoms with Crippen LogP contribution in [-0.4, -0.2) is 37.0 Å². The van der Waals surface area contributed by atoms with Crippen LogP contribution in [0.25, 0.3) is 0 Å². The lowest BCUT2D eigenvalue weighted by Crippen LogP contribution is -2.37. The molecule has 1 N–H and O–H groups in total. The van der Waals surface area contributed by atoms with E-state index in [1.54, 1.807) is 18.2 Å². The molecule has 1 amide bonds. The van der Waals surface area contributed by atoms with Gasteiger partial charge in [0, 0.05) is 19.6 Å². The molecule has 0 bridgehead atoms. The Labute approximate surface area is 85.8 Å². The van der Waals surface area contributed by atoms with Gasteiger partial charge in [-0.05, 0) is 0 Å². The van der Waals surface area contributed by atoms with Crippen molar-refractivity contribution in [1.82, 2.24) is 10.2 Å². The molecule has 0 radical (unpaired) electrons. The summed E-state index contributed by atoms with van der Waals surface area (Å²) in [6, 6.07) is 0. The van der Waals surface area contributed by atoms with Crippen LogP contribution in [0.15, 0.2) is 38.0 Å². The number of carbonyl (C=O) groups is 1. The van der Waals surface area contributed by atoms with E-state index < -0.39 is 0 Å². The molecule has 0 aromatic heterocycles. The minimum atomic E-state index is -0.00593. The number of rotatable bonds is 8. The van der Waals surface area contributed by atoms with Gasteiger partial charge in [0.15, 0.2) is 0 Å². The van der Waals surface area contributed by atoms with Crippen LogP contribution in [0.1, 0.15) is 0 Å². The van der Waals surface area contributed by atoms with Crippen LogP contribution in [0.4, 0.5) is 0 Å².